The largest absolute Gasteiger partial charge is 0.396 e. The van der Waals surface area contributed by atoms with Gasteiger partial charge >= 0.3 is 5.69 Å². The minimum absolute atomic E-state index is 0.0957. The molecule has 0 fully saturated rings. The molecular weight excluding hydrogens is 459 g/mol. The third-order valence-electron chi connectivity index (χ3n) is 6.25. The Morgan fingerprint density at radius 2 is 1.56 bits per heavy atom. The number of nitrogens with zero attached hydrogens (tertiary/aromatic N) is 4. The highest BCUT2D eigenvalue weighted by atomic mass is 19.1. The van der Waals surface area contributed by atoms with Gasteiger partial charge in [-0.1, -0.05) is 60.7 Å². The molecule has 0 atom stereocenters. The lowest BCUT2D eigenvalue weighted by atomic mass is 10.0. The van der Waals surface area contributed by atoms with Crippen LogP contribution in [-0.4, -0.2) is 30.4 Å². The number of hydrogen-bond acceptors (Lipinski definition) is 4. The molecule has 5 rings (SSSR count). The zero-order valence-electron chi connectivity index (χ0n) is 19.8. The van der Waals surface area contributed by atoms with E-state index in [1.165, 1.54) is 16.7 Å². The Morgan fingerprint density at radius 3 is 2.28 bits per heavy atom. The second kappa shape index (κ2) is 9.75. The summed E-state index contributed by atoms with van der Waals surface area (Å²) in [5.41, 5.74) is 3.18. The van der Waals surface area contributed by atoms with Crippen molar-refractivity contribution < 1.29 is 9.50 Å². The molecule has 0 radical (unpaired) electrons. The van der Waals surface area contributed by atoms with Crippen LogP contribution in [-0.2, 0) is 20.1 Å². The highest BCUT2D eigenvalue weighted by Gasteiger charge is 2.21. The number of hydrogen-bond donors (Lipinski definition) is 1. The average Bonchev–Trinajstić information content (AvgIpc) is 3.29. The summed E-state index contributed by atoms with van der Waals surface area (Å²) in [7, 11) is 1.58. The van der Waals surface area contributed by atoms with Gasteiger partial charge in [0.25, 0.3) is 5.56 Å². The third kappa shape index (κ3) is 4.27. The zero-order valence-corrected chi connectivity index (χ0v) is 19.8. The predicted octanol–water partition coefficient (Wildman–Crippen LogP) is 3.80. The Bertz CT molecular complexity index is 1650. The van der Waals surface area contributed by atoms with Crippen LogP contribution in [0.3, 0.4) is 0 Å². The van der Waals surface area contributed by atoms with Gasteiger partial charge in [-0.15, -0.1) is 0 Å². The van der Waals surface area contributed by atoms with Gasteiger partial charge in [0, 0.05) is 32.3 Å². The smallest absolute Gasteiger partial charge is 0.332 e. The lowest BCUT2D eigenvalue weighted by Gasteiger charge is -2.12. The number of halogens is 1. The molecule has 0 aliphatic carbocycles. The van der Waals surface area contributed by atoms with E-state index in [-0.39, 0.29) is 43.1 Å². The second-order valence-corrected chi connectivity index (χ2v) is 8.64. The van der Waals surface area contributed by atoms with Crippen molar-refractivity contribution in [3.63, 3.8) is 0 Å². The molecule has 0 bridgehead atoms. The van der Waals surface area contributed by atoms with Crippen molar-refractivity contribution in [2.75, 3.05) is 6.61 Å². The number of rotatable bonds is 7. The van der Waals surface area contributed by atoms with Gasteiger partial charge in [-0.3, -0.25) is 13.9 Å². The first-order valence-corrected chi connectivity index (χ1v) is 11.7. The van der Waals surface area contributed by atoms with Crippen LogP contribution in [0.15, 0.2) is 88.5 Å². The summed E-state index contributed by atoms with van der Waals surface area (Å²) in [6.45, 7) is 0.216. The maximum Gasteiger partial charge on any atom is 0.332 e. The number of imidazole rings is 1. The van der Waals surface area contributed by atoms with Gasteiger partial charge in [0.2, 0.25) is 0 Å². The molecule has 36 heavy (non-hydrogen) atoms. The lowest BCUT2D eigenvalue weighted by molar-refractivity contribution is 0.277. The summed E-state index contributed by atoms with van der Waals surface area (Å²) in [4.78, 5) is 31.3. The van der Waals surface area contributed by atoms with Crippen LogP contribution in [0.25, 0.3) is 33.7 Å². The number of aryl methyl sites for hydroxylation is 1. The van der Waals surface area contributed by atoms with Crippen molar-refractivity contribution in [3.05, 3.63) is 111 Å². The van der Waals surface area contributed by atoms with E-state index in [9.17, 15) is 19.1 Å². The molecule has 182 valence electrons. The molecule has 0 unspecified atom stereocenters. The van der Waals surface area contributed by atoms with E-state index < -0.39 is 11.2 Å². The number of aromatic nitrogens is 4. The van der Waals surface area contributed by atoms with Crippen molar-refractivity contribution in [3.8, 4) is 22.5 Å². The van der Waals surface area contributed by atoms with Gasteiger partial charge in [0.05, 0.1) is 0 Å². The fraction of sp³-hybridized carbons (Fsp3) is 0.179. The topological polar surface area (TPSA) is 82.0 Å². The summed E-state index contributed by atoms with van der Waals surface area (Å²) in [5, 5.41) is 9.26. The third-order valence-corrected chi connectivity index (χ3v) is 6.25. The summed E-state index contributed by atoms with van der Waals surface area (Å²) >= 11 is 0. The van der Waals surface area contributed by atoms with Crippen LogP contribution >= 0.6 is 0 Å². The monoisotopic (exact) mass is 484 g/mol. The van der Waals surface area contributed by atoms with Crippen LogP contribution < -0.4 is 11.2 Å². The minimum Gasteiger partial charge on any atom is -0.396 e. The fourth-order valence-corrected chi connectivity index (χ4v) is 4.41. The summed E-state index contributed by atoms with van der Waals surface area (Å²) in [6.07, 6.45) is 0.277. The minimum atomic E-state index is -0.489. The first-order chi connectivity index (χ1) is 17.5. The highest BCUT2D eigenvalue weighted by Crippen LogP contribution is 2.28. The Labute approximate surface area is 206 Å². The molecule has 0 saturated heterocycles. The maximum atomic E-state index is 13.6. The van der Waals surface area contributed by atoms with Crippen LogP contribution in [0.5, 0.6) is 0 Å². The van der Waals surface area contributed by atoms with Gasteiger partial charge in [0.1, 0.15) is 11.6 Å². The standard InChI is InChI=1S/C28H25FN4O3/c1-31-26-24(27(35)32(28(31)36)15-6-16-34)33(18-19-11-13-23(29)14-12-19)25(30-26)22-10-5-9-21(17-22)20-7-3-2-4-8-20/h2-5,7-14,17,34H,6,15-16,18H2,1H3. The number of aliphatic hydroxyl groups excluding tert-OH is 1. The van der Waals surface area contributed by atoms with Gasteiger partial charge in [0.15, 0.2) is 11.2 Å². The number of benzene rings is 3. The first kappa shape index (κ1) is 23.4. The van der Waals surface area contributed by atoms with Crippen molar-refractivity contribution in [1.82, 2.24) is 18.7 Å². The van der Waals surface area contributed by atoms with Crippen molar-refractivity contribution >= 4 is 11.2 Å². The van der Waals surface area contributed by atoms with E-state index >= 15 is 0 Å². The van der Waals surface area contributed by atoms with E-state index in [4.69, 9.17) is 4.98 Å². The Morgan fingerprint density at radius 1 is 0.861 bits per heavy atom. The normalized spacial score (nSPS) is 11.3. The summed E-state index contributed by atoms with van der Waals surface area (Å²) < 4.78 is 17.8. The molecule has 0 amide bonds. The van der Waals surface area contributed by atoms with Crippen molar-refractivity contribution in [2.24, 2.45) is 7.05 Å². The van der Waals surface area contributed by atoms with Gasteiger partial charge < -0.3 is 9.67 Å². The Kier molecular flexibility index (Phi) is 6.35. The first-order valence-electron chi connectivity index (χ1n) is 11.7. The number of aliphatic hydroxyl groups is 1. The maximum absolute atomic E-state index is 13.6. The van der Waals surface area contributed by atoms with E-state index in [0.717, 1.165) is 26.8 Å². The van der Waals surface area contributed by atoms with Crippen LogP contribution in [0, 0.1) is 5.82 Å². The Balaban J connectivity index is 1.77. The quantitative estimate of drug-likeness (QED) is 0.381. The van der Waals surface area contributed by atoms with Gasteiger partial charge in [-0.25, -0.2) is 14.2 Å². The van der Waals surface area contributed by atoms with E-state index in [2.05, 4.69) is 0 Å². The van der Waals surface area contributed by atoms with Gasteiger partial charge in [-0.2, -0.15) is 0 Å². The summed E-state index contributed by atoms with van der Waals surface area (Å²) in [5.74, 6) is 0.179. The van der Waals surface area contributed by atoms with E-state index in [0.29, 0.717) is 5.82 Å². The molecule has 0 aliphatic rings. The van der Waals surface area contributed by atoms with E-state index in [1.54, 1.807) is 23.7 Å². The molecule has 1 N–H and O–H groups in total. The molecule has 2 aromatic heterocycles. The molecule has 0 saturated carbocycles. The lowest BCUT2D eigenvalue weighted by Crippen LogP contribution is -2.39. The molecule has 0 spiro atoms. The van der Waals surface area contributed by atoms with E-state index in [1.807, 2.05) is 54.6 Å². The molecule has 2 heterocycles. The molecule has 3 aromatic carbocycles. The van der Waals surface area contributed by atoms with Crippen LogP contribution in [0.4, 0.5) is 4.39 Å². The molecule has 0 aliphatic heterocycles. The fourth-order valence-electron chi connectivity index (χ4n) is 4.41. The van der Waals surface area contributed by atoms with Crippen LogP contribution in [0.1, 0.15) is 12.0 Å². The van der Waals surface area contributed by atoms with Crippen molar-refractivity contribution in [2.45, 2.75) is 19.5 Å². The highest BCUT2D eigenvalue weighted by molar-refractivity contribution is 5.79. The Hall–Kier alpha value is -4.30. The average molecular weight is 485 g/mol. The summed E-state index contributed by atoms with van der Waals surface area (Å²) in [6, 6.07) is 23.9. The SMILES string of the molecule is Cn1c(=O)n(CCCO)c(=O)c2c1nc(-c1cccc(-c3ccccc3)c1)n2Cc1ccc(F)cc1. The molecule has 5 aromatic rings. The zero-order chi connectivity index (χ0) is 25.2. The number of fused-ring (bicyclic) bond motifs is 1. The van der Waals surface area contributed by atoms with Gasteiger partial charge in [-0.05, 0) is 41.3 Å². The predicted molar refractivity (Wildman–Crippen MR) is 137 cm³/mol. The molecule has 8 heteroatoms. The molecular formula is C28H25FN4O3. The van der Waals surface area contributed by atoms with Crippen molar-refractivity contribution in [1.29, 1.82) is 0 Å². The van der Waals surface area contributed by atoms with Crippen LogP contribution in [0.2, 0.25) is 0 Å². The second-order valence-electron chi connectivity index (χ2n) is 8.64. The molecule has 7 nitrogen and oxygen atoms in total.